The van der Waals surface area contributed by atoms with Crippen LogP contribution in [0.15, 0.2) is 47.4 Å². The molecule has 2 amide bonds. The number of anilines is 1. The minimum Gasteiger partial charge on any atom is -0.450 e. The van der Waals surface area contributed by atoms with Crippen molar-refractivity contribution in [3.8, 4) is 0 Å². The van der Waals surface area contributed by atoms with Gasteiger partial charge < -0.3 is 14.4 Å². The molecular weight excluding hydrogens is 671 g/mol. The van der Waals surface area contributed by atoms with E-state index in [9.17, 15) is 31.2 Å². The topological polar surface area (TPSA) is 113 Å². The van der Waals surface area contributed by atoms with Gasteiger partial charge in [-0.05, 0) is 49.7 Å². The fourth-order valence-corrected chi connectivity index (χ4v) is 7.68. The summed E-state index contributed by atoms with van der Waals surface area (Å²) in [5.41, 5.74) is -0.927. The molecule has 2 fully saturated rings. The first-order valence-electron chi connectivity index (χ1n) is 14.6. The number of rotatable bonds is 9. The minimum absolute atomic E-state index is 0. The van der Waals surface area contributed by atoms with Crippen LogP contribution in [-0.4, -0.2) is 112 Å². The SMILES string of the molecule is CCOC(=O)N1CCN(S(=O)(=O)c2ccc(C(=O)N(CCCN3CCOCC3)c3nc4c(C(F)(F)F)cccc4s3)cc2)CC1.Cl. The molecule has 17 heteroatoms. The number of morpholine rings is 1. The van der Waals surface area contributed by atoms with Crippen molar-refractivity contribution in [1.29, 1.82) is 0 Å². The zero-order valence-electron chi connectivity index (χ0n) is 25.1. The van der Waals surface area contributed by atoms with E-state index in [1.807, 2.05) is 0 Å². The summed E-state index contributed by atoms with van der Waals surface area (Å²) in [5.74, 6) is -0.503. The van der Waals surface area contributed by atoms with Crippen molar-refractivity contribution in [2.24, 2.45) is 0 Å². The smallest absolute Gasteiger partial charge is 0.418 e. The van der Waals surface area contributed by atoms with Crippen molar-refractivity contribution in [2.45, 2.75) is 24.4 Å². The second-order valence-electron chi connectivity index (χ2n) is 10.5. The number of sulfonamides is 1. The lowest BCUT2D eigenvalue weighted by atomic mass is 10.2. The van der Waals surface area contributed by atoms with Gasteiger partial charge in [-0.3, -0.25) is 14.6 Å². The molecule has 0 N–H and O–H groups in total. The molecule has 2 aromatic carbocycles. The first-order chi connectivity index (χ1) is 21.5. The van der Waals surface area contributed by atoms with Gasteiger partial charge >= 0.3 is 12.3 Å². The lowest BCUT2D eigenvalue weighted by Crippen LogP contribution is -2.50. The van der Waals surface area contributed by atoms with E-state index in [0.717, 1.165) is 30.5 Å². The molecule has 0 radical (unpaired) electrons. The Morgan fingerprint density at radius 1 is 1.02 bits per heavy atom. The van der Waals surface area contributed by atoms with Crippen molar-refractivity contribution in [1.82, 2.24) is 19.1 Å². The highest BCUT2D eigenvalue weighted by Gasteiger charge is 2.35. The average molecular weight is 706 g/mol. The Labute approximate surface area is 275 Å². The third kappa shape index (κ3) is 8.09. The fourth-order valence-electron chi connectivity index (χ4n) is 5.24. The number of aromatic nitrogens is 1. The van der Waals surface area contributed by atoms with Gasteiger partial charge in [0.1, 0.15) is 0 Å². The zero-order valence-corrected chi connectivity index (χ0v) is 27.5. The number of halogens is 4. The van der Waals surface area contributed by atoms with Gasteiger partial charge in [0, 0.05) is 57.9 Å². The van der Waals surface area contributed by atoms with Crippen molar-refractivity contribution < 1.29 is 40.7 Å². The molecule has 0 unspecified atom stereocenters. The van der Waals surface area contributed by atoms with Crippen LogP contribution in [0.4, 0.5) is 23.1 Å². The Balaban J connectivity index is 0.00000480. The second-order valence-corrected chi connectivity index (χ2v) is 13.5. The maximum Gasteiger partial charge on any atom is 0.418 e. The number of fused-ring (bicyclic) bond motifs is 1. The van der Waals surface area contributed by atoms with E-state index in [1.54, 1.807) is 6.92 Å². The molecule has 2 aliphatic heterocycles. The largest absolute Gasteiger partial charge is 0.450 e. The Morgan fingerprint density at radius 3 is 2.33 bits per heavy atom. The van der Waals surface area contributed by atoms with Crippen LogP contribution < -0.4 is 4.90 Å². The lowest BCUT2D eigenvalue weighted by Gasteiger charge is -2.33. The first kappa shape index (κ1) is 35.8. The van der Waals surface area contributed by atoms with Crippen molar-refractivity contribution >= 4 is 61.1 Å². The van der Waals surface area contributed by atoms with Crippen molar-refractivity contribution in [3.05, 3.63) is 53.6 Å². The van der Waals surface area contributed by atoms with Gasteiger partial charge in [0.25, 0.3) is 5.91 Å². The van der Waals surface area contributed by atoms with Crippen LogP contribution in [0.3, 0.4) is 0 Å². The monoisotopic (exact) mass is 705 g/mol. The number of benzene rings is 2. The Morgan fingerprint density at radius 2 is 1.70 bits per heavy atom. The summed E-state index contributed by atoms with van der Waals surface area (Å²) < 4.78 is 79.7. The number of alkyl halides is 3. The zero-order chi connectivity index (χ0) is 32.2. The third-order valence-corrected chi connectivity index (χ3v) is 10.6. The number of carbonyl (C=O) groups excluding carboxylic acids is 2. The highest BCUT2D eigenvalue weighted by atomic mass is 35.5. The standard InChI is InChI=1S/C29H34F3N5O6S2.ClH/c1-2-43-28(39)35-13-15-36(16-14-35)45(40,41)22-9-7-21(8-10-22)26(38)37(12-4-11-34-17-19-42-20-18-34)27-33-25-23(29(30,31)32)5-3-6-24(25)44-27;/h3,5-10H,2,4,11-20H2,1H3;1H. The Hall–Kier alpha value is -3.02. The number of piperazine rings is 1. The molecule has 11 nitrogen and oxygen atoms in total. The number of ether oxygens (including phenoxy) is 2. The predicted molar refractivity (Wildman–Crippen MR) is 169 cm³/mol. The summed E-state index contributed by atoms with van der Waals surface area (Å²) in [6.45, 7) is 6.05. The number of amides is 2. The highest BCUT2D eigenvalue weighted by molar-refractivity contribution is 7.89. The van der Waals surface area contributed by atoms with Crippen LogP contribution in [0, 0.1) is 0 Å². The molecule has 0 aliphatic carbocycles. The summed E-state index contributed by atoms with van der Waals surface area (Å²) in [6.07, 6.45) is -4.56. The van der Waals surface area contributed by atoms with Crippen LogP contribution in [0.2, 0.25) is 0 Å². The lowest BCUT2D eigenvalue weighted by molar-refractivity contribution is -0.136. The minimum atomic E-state index is -4.61. The summed E-state index contributed by atoms with van der Waals surface area (Å²) >= 11 is 0.997. The molecular formula is C29H35ClF3N5O6S2. The molecule has 3 aromatic rings. The van der Waals surface area contributed by atoms with E-state index >= 15 is 0 Å². The van der Waals surface area contributed by atoms with Gasteiger partial charge in [0.2, 0.25) is 10.0 Å². The average Bonchev–Trinajstić information content (AvgIpc) is 3.47. The van der Waals surface area contributed by atoms with E-state index in [1.165, 1.54) is 50.5 Å². The second kappa shape index (κ2) is 15.3. The van der Waals surface area contributed by atoms with Crippen LogP contribution in [0.25, 0.3) is 10.2 Å². The molecule has 0 spiro atoms. The number of nitrogens with zero attached hydrogens (tertiary/aromatic N) is 5. The molecule has 0 atom stereocenters. The third-order valence-electron chi connectivity index (χ3n) is 7.65. The van der Waals surface area contributed by atoms with E-state index < -0.39 is 33.8 Å². The summed E-state index contributed by atoms with van der Waals surface area (Å²) in [5, 5.41) is 0.129. The summed E-state index contributed by atoms with van der Waals surface area (Å²) in [6, 6.07) is 9.29. The molecule has 252 valence electrons. The van der Waals surface area contributed by atoms with Gasteiger partial charge in [-0.15, -0.1) is 12.4 Å². The predicted octanol–water partition coefficient (Wildman–Crippen LogP) is 4.57. The number of thiazole rings is 1. The van der Waals surface area contributed by atoms with Crippen LogP contribution in [0.5, 0.6) is 0 Å². The molecule has 0 saturated carbocycles. The molecule has 1 aromatic heterocycles. The van der Waals surface area contributed by atoms with Gasteiger partial charge in [-0.2, -0.15) is 17.5 Å². The van der Waals surface area contributed by atoms with E-state index in [-0.39, 0.29) is 72.8 Å². The molecule has 3 heterocycles. The maximum absolute atomic E-state index is 13.8. The van der Waals surface area contributed by atoms with Crippen molar-refractivity contribution in [2.75, 3.05) is 77.1 Å². The molecule has 46 heavy (non-hydrogen) atoms. The molecule has 5 rings (SSSR count). The molecule has 2 saturated heterocycles. The summed E-state index contributed by atoms with van der Waals surface area (Å²) in [7, 11) is -3.90. The normalized spacial score (nSPS) is 16.7. The van der Waals surface area contributed by atoms with E-state index in [2.05, 4.69) is 9.88 Å². The molecule has 2 aliphatic rings. The van der Waals surface area contributed by atoms with Gasteiger partial charge in [-0.25, -0.2) is 18.2 Å². The quantitative estimate of drug-likeness (QED) is 0.319. The number of para-hydroxylation sites is 1. The fraction of sp³-hybridized carbons (Fsp3) is 0.483. The summed E-state index contributed by atoms with van der Waals surface area (Å²) in [4.78, 5) is 35.1. The Kier molecular flexibility index (Phi) is 11.9. The van der Waals surface area contributed by atoms with Crippen molar-refractivity contribution in [3.63, 3.8) is 0 Å². The molecule has 0 bridgehead atoms. The maximum atomic E-state index is 13.8. The van der Waals surface area contributed by atoms with E-state index in [4.69, 9.17) is 9.47 Å². The van der Waals surface area contributed by atoms with E-state index in [0.29, 0.717) is 30.9 Å². The number of hydrogen-bond acceptors (Lipinski definition) is 9. The van der Waals surface area contributed by atoms with Gasteiger partial charge in [0.05, 0.1) is 40.5 Å². The van der Waals surface area contributed by atoms with Gasteiger partial charge in [-0.1, -0.05) is 17.4 Å². The van der Waals surface area contributed by atoms with Crippen LogP contribution >= 0.6 is 23.7 Å². The van der Waals surface area contributed by atoms with Crippen LogP contribution in [0.1, 0.15) is 29.3 Å². The number of carbonyl (C=O) groups is 2. The number of hydrogen-bond donors (Lipinski definition) is 0. The Bertz CT molecular complexity index is 1610. The van der Waals surface area contributed by atoms with Gasteiger partial charge in [0.15, 0.2) is 5.13 Å². The first-order valence-corrected chi connectivity index (χ1v) is 16.9. The van der Waals surface area contributed by atoms with Crippen LogP contribution in [-0.2, 0) is 25.7 Å². The highest BCUT2D eigenvalue weighted by Crippen LogP contribution is 2.38.